The fourth-order valence-electron chi connectivity index (χ4n) is 3.93. The molecule has 1 amide bonds. The standard InChI is InChI=1S/C19H29ClN4O3S/c1-3-28(26,27)22(2)16-7-11-23(12-8-16)18-17(20)13-15(14-21-18)19(25)24-9-5-4-6-10-24/h13-14,16H,3-12H2,1-2H3. The maximum absolute atomic E-state index is 12.6. The van der Waals surface area contributed by atoms with Crippen LogP contribution in [-0.2, 0) is 10.0 Å². The van der Waals surface area contributed by atoms with Crippen molar-refractivity contribution in [3.8, 4) is 0 Å². The van der Waals surface area contributed by atoms with Crippen LogP contribution in [0.1, 0.15) is 49.4 Å². The summed E-state index contributed by atoms with van der Waals surface area (Å²) in [7, 11) is -1.52. The van der Waals surface area contributed by atoms with E-state index in [0.717, 1.165) is 38.8 Å². The van der Waals surface area contributed by atoms with E-state index in [9.17, 15) is 13.2 Å². The SMILES string of the molecule is CCS(=O)(=O)N(C)C1CCN(c2ncc(C(=O)N3CCCCC3)cc2Cl)CC1. The largest absolute Gasteiger partial charge is 0.355 e. The molecule has 0 atom stereocenters. The summed E-state index contributed by atoms with van der Waals surface area (Å²) in [5.41, 5.74) is 0.527. The summed E-state index contributed by atoms with van der Waals surface area (Å²) >= 11 is 6.46. The van der Waals surface area contributed by atoms with Crippen molar-refractivity contribution in [2.24, 2.45) is 0 Å². The summed E-state index contributed by atoms with van der Waals surface area (Å²) in [5.74, 6) is 0.769. The van der Waals surface area contributed by atoms with Gasteiger partial charge in [0.15, 0.2) is 0 Å². The van der Waals surface area contributed by atoms with Gasteiger partial charge in [0.05, 0.1) is 16.3 Å². The Kier molecular flexibility index (Phi) is 6.83. The Morgan fingerprint density at radius 2 is 1.86 bits per heavy atom. The average molecular weight is 429 g/mol. The molecule has 1 aromatic rings. The second kappa shape index (κ2) is 8.97. The number of sulfonamides is 1. The zero-order valence-electron chi connectivity index (χ0n) is 16.6. The number of likely N-dealkylation sites (tertiary alicyclic amines) is 1. The first-order valence-electron chi connectivity index (χ1n) is 9.99. The molecular formula is C19H29ClN4O3S. The molecule has 0 aliphatic carbocycles. The molecule has 156 valence electrons. The molecule has 2 fully saturated rings. The van der Waals surface area contributed by atoms with Crippen LogP contribution < -0.4 is 4.90 Å². The predicted molar refractivity (Wildman–Crippen MR) is 111 cm³/mol. The number of carbonyl (C=O) groups excluding carboxylic acids is 1. The van der Waals surface area contributed by atoms with Crippen LogP contribution in [0, 0.1) is 0 Å². The van der Waals surface area contributed by atoms with Crippen LogP contribution in [0.15, 0.2) is 12.3 Å². The van der Waals surface area contributed by atoms with Crippen molar-refractivity contribution in [3.63, 3.8) is 0 Å². The summed E-state index contributed by atoms with van der Waals surface area (Å²) in [6, 6.07) is 1.71. The average Bonchev–Trinajstić information content (AvgIpc) is 2.73. The zero-order valence-corrected chi connectivity index (χ0v) is 18.2. The third kappa shape index (κ3) is 4.60. The number of carbonyl (C=O) groups is 1. The van der Waals surface area contributed by atoms with Crippen LogP contribution in [0.2, 0.25) is 5.02 Å². The Hall–Kier alpha value is -1.38. The highest BCUT2D eigenvalue weighted by Crippen LogP contribution is 2.29. The first-order chi connectivity index (χ1) is 13.3. The fourth-order valence-corrected chi connectivity index (χ4v) is 5.29. The number of rotatable bonds is 5. The van der Waals surface area contributed by atoms with Gasteiger partial charge in [-0.05, 0) is 45.1 Å². The molecule has 7 nitrogen and oxygen atoms in total. The maximum Gasteiger partial charge on any atom is 0.255 e. The normalized spacial score (nSPS) is 19.3. The molecule has 0 aromatic carbocycles. The zero-order chi connectivity index (χ0) is 20.3. The molecular weight excluding hydrogens is 400 g/mol. The van der Waals surface area contributed by atoms with Gasteiger partial charge in [0.2, 0.25) is 10.0 Å². The summed E-state index contributed by atoms with van der Waals surface area (Å²) in [5, 5.41) is 0.468. The molecule has 3 rings (SSSR count). The quantitative estimate of drug-likeness (QED) is 0.720. The molecule has 2 aliphatic rings. The van der Waals surface area contributed by atoms with E-state index < -0.39 is 10.0 Å². The van der Waals surface area contributed by atoms with Gasteiger partial charge in [-0.25, -0.2) is 17.7 Å². The molecule has 2 saturated heterocycles. The molecule has 0 unspecified atom stereocenters. The van der Waals surface area contributed by atoms with Gasteiger partial charge in [-0.3, -0.25) is 4.79 Å². The molecule has 2 aliphatic heterocycles. The lowest BCUT2D eigenvalue weighted by Crippen LogP contribution is -2.46. The van der Waals surface area contributed by atoms with Crippen molar-refractivity contribution >= 4 is 33.3 Å². The smallest absolute Gasteiger partial charge is 0.255 e. The first kappa shape index (κ1) is 21.3. The van der Waals surface area contributed by atoms with Gasteiger partial charge < -0.3 is 9.80 Å². The number of hydrogen-bond donors (Lipinski definition) is 0. The van der Waals surface area contributed by atoms with Crippen molar-refractivity contribution in [2.75, 3.05) is 43.9 Å². The summed E-state index contributed by atoms with van der Waals surface area (Å²) < 4.78 is 25.7. The Morgan fingerprint density at radius 3 is 2.43 bits per heavy atom. The van der Waals surface area contributed by atoms with Crippen molar-refractivity contribution in [2.45, 2.75) is 45.1 Å². The Balaban J connectivity index is 1.64. The van der Waals surface area contributed by atoms with Crippen LogP contribution in [0.4, 0.5) is 5.82 Å². The fraction of sp³-hybridized carbons (Fsp3) is 0.684. The number of amides is 1. The number of anilines is 1. The molecule has 3 heterocycles. The highest BCUT2D eigenvalue weighted by atomic mass is 35.5. The van der Waals surface area contributed by atoms with E-state index in [0.29, 0.717) is 29.5 Å². The van der Waals surface area contributed by atoms with Gasteiger partial charge in [-0.1, -0.05) is 11.6 Å². The second-order valence-electron chi connectivity index (χ2n) is 7.52. The predicted octanol–water partition coefficient (Wildman–Crippen LogP) is 2.61. The highest BCUT2D eigenvalue weighted by Gasteiger charge is 2.30. The second-order valence-corrected chi connectivity index (χ2v) is 10.2. The van der Waals surface area contributed by atoms with Gasteiger partial charge in [0.1, 0.15) is 5.82 Å². The van der Waals surface area contributed by atoms with Gasteiger partial charge >= 0.3 is 0 Å². The number of piperidine rings is 2. The van der Waals surface area contributed by atoms with E-state index in [-0.39, 0.29) is 17.7 Å². The Morgan fingerprint density at radius 1 is 1.21 bits per heavy atom. The van der Waals surface area contributed by atoms with Crippen molar-refractivity contribution in [1.82, 2.24) is 14.2 Å². The molecule has 28 heavy (non-hydrogen) atoms. The van der Waals surface area contributed by atoms with Crippen LogP contribution in [0.3, 0.4) is 0 Å². The summed E-state index contributed by atoms with van der Waals surface area (Å²) in [6.45, 7) is 4.61. The Bertz CT molecular complexity index is 803. The molecule has 0 N–H and O–H groups in total. The van der Waals surface area contributed by atoms with Crippen LogP contribution >= 0.6 is 11.6 Å². The first-order valence-corrected chi connectivity index (χ1v) is 12.0. The van der Waals surface area contributed by atoms with Crippen molar-refractivity contribution < 1.29 is 13.2 Å². The number of pyridine rings is 1. The molecule has 0 radical (unpaired) electrons. The third-order valence-electron chi connectivity index (χ3n) is 5.79. The van der Waals surface area contributed by atoms with E-state index in [1.807, 2.05) is 4.90 Å². The van der Waals surface area contributed by atoms with Gasteiger partial charge in [0, 0.05) is 45.5 Å². The van der Waals surface area contributed by atoms with E-state index in [2.05, 4.69) is 9.88 Å². The lowest BCUT2D eigenvalue weighted by Gasteiger charge is -2.37. The van der Waals surface area contributed by atoms with E-state index in [1.54, 1.807) is 26.2 Å². The van der Waals surface area contributed by atoms with E-state index in [1.165, 1.54) is 10.7 Å². The number of hydrogen-bond acceptors (Lipinski definition) is 5. The summed E-state index contributed by atoms with van der Waals surface area (Å²) in [4.78, 5) is 21.0. The van der Waals surface area contributed by atoms with Crippen LogP contribution in [0.25, 0.3) is 0 Å². The number of nitrogens with zero attached hydrogens (tertiary/aromatic N) is 4. The van der Waals surface area contributed by atoms with Crippen LogP contribution in [0.5, 0.6) is 0 Å². The minimum Gasteiger partial charge on any atom is -0.355 e. The Labute approximate surface area is 172 Å². The monoisotopic (exact) mass is 428 g/mol. The van der Waals surface area contributed by atoms with E-state index >= 15 is 0 Å². The minimum atomic E-state index is -3.18. The molecule has 0 saturated carbocycles. The molecule has 1 aromatic heterocycles. The third-order valence-corrected chi connectivity index (χ3v) is 7.98. The maximum atomic E-state index is 12.6. The van der Waals surface area contributed by atoms with Gasteiger partial charge in [-0.2, -0.15) is 0 Å². The van der Waals surface area contributed by atoms with Crippen molar-refractivity contribution in [3.05, 3.63) is 22.8 Å². The summed E-state index contributed by atoms with van der Waals surface area (Å²) in [6.07, 6.45) is 6.32. The highest BCUT2D eigenvalue weighted by molar-refractivity contribution is 7.89. The van der Waals surface area contributed by atoms with Gasteiger partial charge in [0.25, 0.3) is 5.91 Å². The molecule has 9 heteroatoms. The molecule has 0 bridgehead atoms. The van der Waals surface area contributed by atoms with E-state index in [4.69, 9.17) is 11.6 Å². The van der Waals surface area contributed by atoms with Crippen LogP contribution in [-0.4, -0.2) is 73.5 Å². The molecule has 0 spiro atoms. The number of halogens is 1. The topological polar surface area (TPSA) is 73.8 Å². The van der Waals surface area contributed by atoms with Gasteiger partial charge in [-0.15, -0.1) is 0 Å². The lowest BCUT2D eigenvalue weighted by molar-refractivity contribution is 0.0724. The number of aromatic nitrogens is 1. The minimum absolute atomic E-state index is 0.0000667. The van der Waals surface area contributed by atoms with Crippen molar-refractivity contribution in [1.29, 1.82) is 0 Å². The lowest BCUT2D eigenvalue weighted by atomic mass is 10.1.